The van der Waals surface area contributed by atoms with Crippen molar-refractivity contribution in [2.45, 2.75) is 76.8 Å². The lowest BCUT2D eigenvalue weighted by atomic mass is 9.94. The van der Waals surface area contributed by atoms with Gasteiger partial charge in [0.25, 0.3) is 0 Å². The van der Waals surface area contributed by atoms with E-state index in [9.17, 15) is 21.7 Å². The smallest absolute Gasteiger partial charge is 0.144 e. The van der Waals surface area contributed by atoms with E-state index in [4.69, 9.17) is 7.16 Å². The van der Waals surface area contributed by atoms with Gasteiger partial charge in [-0.1, -0.05) is 72.8 Å². The summed E-state index contributed by atoms with van der Waals surface area (Å²) in [7, 11) is 0. The summed E-state index contributed by atoms with van der Waals surface area (Å²) in [6, 6.07) is 31.8. The average molecular weight is 831 g/mol. The van der Waals surface area contributed by atoms with Gasteiger partial charge in [0.1, 0.15) is 11.2 Å². The second kappa shape index (κ2) is 17.0. The summed E-state index contributed by atoms with van der Waals surface area (Å²) in [6.45, 7) is 0. The van der Waals surface area contributed by atoms with Gasteiger partial charge in [-0.3, -0.25) is 15.0 Å². The minimum atomic E-state index is -3.15. The minimum Gasteiger partial charge on any atom is -0.455 e. The first-order valence-electron chi connectivity index (χ1n) is 28.1. The van der Waals surface area contributed by atoms with Crippen molar-refractivity contribution < 1.29 is 23.6 Å². The normalized spacial score (nSPS) is 17.7. The molecule has 4 aromatic heterocycles. The highest BCUT2D eigenvalue weighted by molar-refractivity contribution is 6.09. The monoisotopic (exact) mass is 830 g/mol. The number of para-hydroxylation sites is 1. The molecule has 9 aromatic rings. The van der Waals surface area contributed by atoms with Crippen molar-refractivity contribution in [2.24, 2.45) is 0 Å². The van der Waals surface area contributed by atoms with Gasteiger partial charge >= 0.3 is 0 Å². The molecule has 0 N–H and O–H groups in total. The molecule has 0 spiro atoms. The Kier molecular flexibility index (Phi) is 7.09. The number of hydrogen-bond acceptors (Lipinski definition) is 5. The molecule has 5 aromatic carbocycles. The van der Waals surface area contributed by atoms with Gasteiger partial charge in [0.05, 0.1) is 31.5 Å². The highest BCUT2D eigenvalue weighted by atomic mass is 16.3. The van der Waals surface area contributed by atoms with E-state index in [2.05, 4.69) is 15.0 Å². The second-order valence-electron chi connectivity index (χ2n) is 15.9. The van der Waals surface area contributed by atoms with Crippen LogP contribution in [0.1, 0.15) is 93.2 Å². The van der Waals surface area contributed by atoms with E-state index in [0.29, 0.717) is 27.7 Å². The molecule has 0 bridgehead atoms. The average Bonchev–Trinajstić information content (AvgIpc) is 4.22. The zero-order valence-electron chi connectivity index (χ0n) is 48.1. The number of fused-ring (bicyclic) bond motifs is 5. The van der Waals surface area contributed by atoms with Crippen molar-refractivity contribution in [1.82, 2.24) is 15.0 Å². The lowest BCUT2D eigenvalue weighted by Gasteiger charge is -2.12. The summed E-state index contributed by atoms with van der Waals surface area (Å²) >= 11 is 0. The third-order valence-electron chi connectivity index (χ3n) is 11.8. The maximum absolute atomic E-state index is 9.58. The minimum absolute atomic E-state index is 0.0951. The van der Waals surface area contributed by atoms with E-state index in [-0.39, 0.29) is 51.2 Å². The molecule has 0 atom stereocenters. The van der Waals surface area contributed by atoms with Gasteiger partial charge in [-0.2, -0.15) is 5.26 Å². The Morgan fingerprint density at radius 1 is 0.524 bits per heavy atom. The SMILES string of the molecule is [2H]c1cc2c(oc3c(-c4ccc(C([2H])([2H])C([2H])([2H])c5cc(C([2H])([2H])C([2H])([2H])c6ccc(-c7ccc8c(c7)CCC8)nc6)cc(C([2H])([2H])C([2H])([2H])c6ccc(-c7ccc8c(c7)CCC8)nc6)c5)cn4)cccc32)c([2H])c1C#N. The molecule has 5 nitrogen and oxygen atoms in total. The summed E-state index contributed by atoms with van der Waals surface area (Å²) in [6.07, 6.45) is -8.67. The number of nitriles is 1. The third kappa shape index (κ3) is 8.18. The van der Waals surface area contributed by atoms with Crippen molar-refractivity contribution >= 4 is 21.9 Å². The van der Waals surface area contributed by atoms with Crippen molar-refractivity contribution in [1.29, 1.82) is 5.26 Å². The van der Waals surface area contributed by atoms with Gasteiger partial charge in [0.2, 0.25) is 0 Å². The van der Waals surface area contributed by atoms with E-state index in [0.717, 1.165) is 74.0 Å². The topological polar surface area (TPSA) is 75.6 Å². The van der Waals surface area contributed by atoms with Crippen molar-refractivity contribution in [3.63, 3.8) is 0 Å². The van der Waals surface area contributed by atoms with E-state index < -0.39 is 54.9 Å². The molecule has 2 aliphatic carbocycles. The molecule has 306 valence electrons. The van der Waals surface area contributed by atoms with Gasteiger partial charge in [0, 0.05) is 62.5 Å². The number of aryl methyl sites for hydroxylation is 10. The second-order valence-corrected chi connectivity index (χ2v) is 15.9. The molecular formula is C58H48N4O. The zero-order valence-corrected chi connectivity index (χ0v) is 34.1. The van der Waals surface area contributed by atoms with Gasteiger partial charge in [-0.25, -0.2) is 0 Å². The lowest BCUT2D eigenvalue weighted by molar-refractivity contribution is 0.669. The number of pyridine rings is 3. The molecule has 63 heavy (non-hydrogen) atoms. The highest BCUT2D eigenvalue weighted by Crippen LogP contribution is 2.36. The van der Waals surface area contributed by atoms with Crippen LogP contribution in [0, 0.1) is 11.3 Å². The van der Waals surface area contributed by atoms with Crippen LogP contribution in [0.5, 0.6) is 0 Å². The van der Waals surface area contributed by atoms with Gasteiger partial charge < -0.3 is 4.42 Å². The first kappa shape index (κ1) is 26.3. The maximum Gasteiger partial charge on any atom is 0.144 e. The van der Waals surface area contributed by atoms with Crippen LogP contribution in [-0.4, -0.2) is 15.0 Å². The number of rotatable bonds is 12. The summed E-state index contributed by atoms with van der Waals surface area (Å²) < 4.78 is 136. The Labute approximate surface area is 388 Å². The van der Waals surface area contributed by atoms with Crippen LogP contribution in [-0.2, 0) is 63.9 Å². The standard InChI is InChI=1S/C58H48N4O/c59-34-44-16-24-51-52-8-3-9-53(58(52)63-57(51)31-44)56-27-19-40(37-62-56)12-15-43-29-41(13-10-38-17-25-54(60-35-38)49-22-20-45-4-1-6-47(45)32-49)28-42(30-43)14-11-39-18-26-55(61-36-39)50-23-21-46-5-2-7-48(46)33-50/h3,8-9,16-33,35-37H,1-2,4-7,10-15H2/i10D2,11D2,12D2,13D2,14D2,15D2,16D,31D. The molecular weight excluding hydrogens is 769 g/mol. The van der Waals surface area contributed by atoms with Gasteiger partial charge in [-0.15, -0.1) is 0 Å². The molecule has 0 aliphatic heterocycles. The third-order valence-corrected chi connectivity index (χ3v) is 11.8. The summed E-state index contributed by atoms with van der Waals surface area (Å²) in [5.74, 6) is 0. The Morgan fingerprint density at radius 2 is 1.03 bits per heavy atom. The Bertz CT molecular complexity index is 3720. The summed E-state index contributed by atoms with van der Waals surface area (Å²) in [5, 5.41) is 10.6. The molecule has 0 radical (unpaired) electrons. The zero-order chi connectivity index (χ0) is 54.6. The van der Waals surface area contributed by atoms with Gasteiger partial charge in [0.15, 0.2) is 0 Å². The fourth-order valence-corrected chi connectivity index (χ4v) is 8.57. The quantitative estimate of drug-likeness (QED) is 0.123. The van der Waals surface area contributed by atoms with Crippen LogP contribution in [0.3, 0.4) is 0 Å². The van der Waals surface area contributed by atoms with Gasteiger partial charge in [-0.05, 0) is 187 Å². The Morgan fingerprint density at radius 3 is 1.54 bits per heavy atom. The first-order valence-corrected chi connectivity index (χ1v) is 21.1. The fraction of sp³-hybridized carbons (Fsp3) is 0.207. The Hall–Kier alpha value is -7.16. The molecule has 0 fully saturated rings. The molecule has 0 saturated heterocycles. The van der Waals surface area contributed by atoms with Crippen LogP contribution in [0.2, 0.25) is 0 Å². The van der Waals surface area contributed by atoms with E-state index in [1.54, 1.807) is 30.3 Å². The van der Waals surface area contributed by atoms with Crippen LogP contribution < -0.4 is 0 Å². The fourth-order valence-electron chi connectivity index (χ4n) is 8.57. The molecule has 11 rings (SSSR count). The molecule has 5 heteroatoms. The van der Waals surface area contributed by atoms with E-state index in [1.807, 2.05) is 42.5 Å². The number of benzene rings is 5. The highest BCUT2D eigenvalue weighted by Gasteiger charge is 2.16. The summed E-state index contributed by atoms with van der Waals surface area (Å²) in [5.41, 5.74) is 6.20. The predicted molar refractivity (Wildman–Crippen MR) is 254 cm³/mol. The number of hydrogen-bond donors (Lipinski definition) is 0. The number of furan rings is 1. The number of nitrogens with zero attached hydrogens (tertiary/aromatic N) is 4. The van der Waals surface area contributed by atoms with Crippen LogP contribution in [0.15, 0.2) is 150 Å². The van der Waals surface area contributed by atoms with E-state index in [1.165, 1.54) is 65.0 Å². The van der Waals surface area contributed by atoms with Crippen LogP contribution >= 0.6 is 0 Å². The van der Waals surface area contributed by atoms with Crippen LogP contribution in [0.4, 0.5) is 0 Å². The predicted octanol–water partition coefficient (Wildman–Crippen LogP) is 13.0. The molecule has 4 heterocycles. The lowest BCUT2D eigenvalue weighted by Crippen LogP contribution is -2.01. The van der Waals surface area contributed by atoms with Crippen molar-refractivity contribution in [2.75, 3.05) is 0 Å². The van der Waals surface area contributed by atoms with Crippen molar-refractivity contribution in [3.8, 4) is 39.8 Å². The molecule has 0 saturated carbocycles. The van der Waals surface area contributed by atoms with E-state index >= 15 is 0 Å². The molecule has 0 unspecified atom stereocenters. The molecule has 2 aliphatic rings. The summed E-state index contributed by atoms with van der Waals surface area (Å²) in [4.78, 5) is 13.6. The van der Waals surface area contributed by atoms with Crippen molar-refractivity contribution in [3.05, 3.63) is 207 Å². The number of aromatic nitrogens is 3. The van der Waals surface area contributed by atoms with Crippen LogP contribution in [0.25, 0.3) is 55.7 Å². The molecule has 0 amide bonds. The first-order chi connectivity index (χ1) is 36.4. The largest absolute Gasteiger partial charge is 0.455 e. The maximum atomic E-state index is 9.58. The Balaban J connectivity index is 0.977.